The highest BCUT2D eigenvalue weighted by atomic mass is 127. The molecule has 15 heavy (non-hydrogen) atoms. The van der Waals surface area contributed by atoms with Gasteiger partial charge in [-0.1, -0.05) is 6.92 Å². The van der Waals surface area contributed by atoms with Crippen LogP contribution < -0.4 is 5.32 Å². The molecule has 1 aliphatic heterocycles. The van der Waals surface area contributed by atoms with Gasteiger partial charge < -0.3 is 5.32 Å². The average molecular weight is 353 g/mol. The van der Waals surface area contributed by atoms with Crippen molar-refractivity contribution in [3.05, 3.63) is 19.9 Å². The van der Waals surface area contributed by atoms with Crippen molar-refractivity contribution in [2.75, 3.05) is 11.5 Å². The fraction of sp³-hybridized carbons (Fsp3) is 0.500. The van der Waals surface area contributed by atoms with E-state index in [2.05, 4.69) is 34.8 Å². The molecule has 5 heteroatoms. The predicted molar refractivity (Wildman–Crippen MR) is 74.8 cm³/mol. The Morgan fingerprint density at radius 3 is 2.93 bits per heavy atom. The normalized spacial score (nSPS) is 25.5. The van der Waals surface area contributed by atoms with Crippen LogP contribution >= 0.6 is 45.7 Å². The Labute approximate surface area is 111 Å². The van der Waals surface area contributed by atoms with Gasteiger partial charge in [0.25, 0.3) is 5.91 Å². The summed E-state index contributed by atoms with van der Waals surface area (Å²) < 4.78 is 1.05. The third-order valence-electron chi connectivity index (χ3n) is 2.50. The number of rotatable bonds is 2. The molecular formula is C10H12INOS2. The Bertz CT molecular complexity index is 366. The minimum absolute atomic E-state index is 0.0914. The van der Waals surface area contributed by atoms with E-state index in [9.17, 15) is 4.79 Å². The standard InChI is InChI=1S/C10H12INOS2/c1-6-4-14-5-8(6)12-10(13)9-7(11)2-3-15-9/h2-3,6,8H,4-5H2,1H3,(H,12,13). The summed E-state index contributed by atoms with van der Waals surface area (Å²) in [6.45, 7) is 2.20. The lowest BCUT2D eigenvalue weighted by Gasteiger charge is -2.15. The van der Waals surface area contributed by atoms with Gasteiger partial charge >= 0.3 is 0 Å². The van der Waals surface area contributed by atoms with Crippen LogP contribution in [0.3, 0.4) is 0 Å². The fourth-order valence-electron chi connectivity index (χ4n) is 1.53. The number of thioether (sulfide) groups is 1. The van der Waals surface area contributed by atoms with Gasteiger partial charge in [0.05, 0.1) is 0 Å². The molecule has 2 atom stereocenters. The van der Waals surface area contributed by atoms with E-state index in [1.165, 1.54) is 11.3 Å². The minimum atomic E-state index is 0.0914. The lowest BCUT2D eigenvalue weighted by molar-refractivity contribution is 0.0937. The molecule has 0 bridgehead atoms. The molecule has 0 spiro atoms. The molecule has 1 saturated heterocycles. The first-order chi connectivity index (χ1) is 7.18. The van der Waals surface area contributed by atoms with Crippen LogP contribution in [0.2, 0.25) is 0 Å². The van der Waals surface area contributed by atoms with E-state index in [-0.39, 0.29) is 5.91 Å². The number of hydrogen-bond donors (Lipinski definition) is 1. The zero-order chi connectivity index (χ0) is 10.8. The molecule has 82 valence electrons. The predicted octanol–water partition coefficient (Wildman–Crippen LogP) is 2.83. The maximum Gasteiger partial charge on any atom is 0.262 e. The maximum absolute atomic E-state index is 11.9. The molecule has 0 aliphatic carbocycles. The largest absolute Gasteiger partial charge is 0.347 e. The molecule has 2 heterocycles. The quantitative estimate of drug-likeness (QED) is 0.829. The fourth-order valence-corrected chi connectivity index (χ4v) is 4.68. The van der Waals surface area contributed by atoms with Crippen molar-refractivity contribution in [3.8, 4) is 0 Å². The first-order valence-corrected chi connectivity index (χ1v) is 7.91. The van der Waals surface area contributed by atoms with Crippen LogP contribution in [-0.4, -0.2) is 23.5 Å². The van der Waals surface area contributed by atoms with Gasteiger partial charge in [-0.3, -0.25) is 4.79 Å². The van der Waals surface area contributed by atoms with Gasteiger partial charge in [-0.25, -0.2) is 0 Å². The molecule has 0 radical (unpaired) electrons. The zero-order valence-corrected chi connectivity index (χ0v) is 12.1. The number of nitrogens with one attached hydrogen (secondary N) is 1. The molecule has 1 N–H and O–H groups in total. The third-order valence-corrected chi connectivity index (χ3v) is 6.04. The molecule has 2 unspecified atom stereocenters. The number of carbonyl (C=O) groups excluding carboxylic acids is 1. The van der Waals surface area contributed by atoms with Crippen molar-refractivity contribution in [1.82, 2.24) is 5.32 Å². The van der Waals surface area contributed by atoms with Crippen molar-refractivity contribution in [2.45, 2.75) is 13.0 Å². The van der Waals surface area contributed by atoms with Crippen LogP contribution in [0.15, 0.2) is 11.4 Å². The molecule has 1 aromatic rings. The smallest absolute Gasteiger partial charge is 0.262 e. The average Bonchev–Trinajstić information content (AvgIpc) is 2.76. The molecule has 1 aliphatic rings. The second-order valence-corrected chi connectivity index (χ2v) is 6.85. The van der Waals surface area contributed by atoms with Gasteiger partial charge in [0, 0.05) is 15.4 Å². The van der Waals surface area contributed by atoms with Crippen LogP contribution in [0, 0.1) is 9.49 Å². The Balaban J connectivity index is 2.01. The van der Waals surface area contributed by atoms with Crippen molar-refractivity contribution in [1.29, 1.82) is 0 Å². The van der Waals surface area contributed by atoms with Gasteiger partial charge in [-0.15, -0.1) is 11.3 Å². The highest BCUT2D eigenvalue weighted by molar-refractivity contribution is 14.1. The number of halogens is 1. The third kappa shape index (κ3) is 2.68. The van der Waals surface area contributed by atoms with E-state index in [1.807, 2.05) is 23.2 Å². The van der Waals surface area contributed by atoms with Crippen molar-refractivity contribution < 1.29 is 4.79 Å². The first kappa shape index (κ1) is 11.7. The Kier molecular flexibility index (Phi) is 3.95. The van der Waals surface area contributed by atoms with Crippen LogP contribution in [0.4, 0.5) is 0 Å². The molecule has 2 nitrogen and oxygen atoms in total. The summed E-state index contributed by atoms with van der Waals surface area (Å²) in [5, 5.41) is 5.08. The maximum atomic E-state index is 11.9. The second-order valence-electron chi connectivity index (χ2n) is 3.69. The SMILES string of the molecule is CC1CSCC1NC(=O)c1sccc1I. The van der Waals surface area contributed by atoms with E-state index in [0.717, 1.165) is 20.0 Å². The van der Waals surface area contributed by atoms with Crippen molar-refractivity contribution >= 4 is 51.6 Å². The number of amides is 1. The van der Waals surface area contributed by atoms with E-state index < -0.39 is 0 Å². The molecule has 1 aromatic heterocycles. The Morgan fingerprint density at radius 1 is 1.60 bits per heavy atom. The minimum Gasteiger partial charge on any atom is -0.347 e. The van der Waals surface area contributed by atoms with E-state index >= 15 is 0 Å². The molecule has 1 fully saturated rings. The highest BCUT2D eigenvalue weighted by Gasteiger charge is 2.26. The van der Waals surface area contributed by atoms with E-state index in [4.69, 9.17) is 0 Å². The molecule has 0 saturated carbocycles. The summed E-state index contributed by atoms with van der Waals surface area (Å²) in [7, 11) is 0. The van der Waals surface area contributed by atoms with Gasteiger partial charge in [-0.2, -0.15) is 11.8 Å². The molecule has 1 amide bonds. The summed E-state index contributed by atoms with van der Waals surface area (Å²) in [6, 6.07) is 2.33. The summed E-state index contributed by atoms with van der Waals surface area (Å²) >= 11 is 5.64. The molecule has 0 aromatic carbocycles. The van der Waals surface area contributed by atoms with Gasteiger partial charge in [0.15, 0.2) is 0 Å². The summed E-state index contributed by atoms with van der Waals surface area (Å²) in [5.74, 6) is 2.90. The second kappa shape index (κ2) is 5.05. The van der Waals surface area contributed by atoms with Gasteiger partial charge in [-0.05, 0) is 45.7 Å². The van der Waals surface area contributed by atoms with Crippen LogP contribution in [-0.2, 0) is 0 Å². The van der Waals surface area contributed by atoms with Crippen molar-refractivity contribution in [2.24, 2.45) is 5.92 Å². The molecular weight excluding hydrogens is 341 g/mol. The summed E-state index contributed by atoms with van der Waals surface area (Å²) in [4.78, 5) is 12.8. The Morgan fingerprint density at radius 2 is 2.40 bits per heavy atom. The topological polar surface area (TPSA) is 29.1 Å². The number of carbonyl (C=O) groups is 1. The lowest BCUT2D eigenvalue weighted by atomic mass is 10.1. The van der Waals surface area contributed by atoms with Crippen LogP contribution in [0.5, 0.6) is 0 Å². The number of hydrogen-bond acceptors (Lipinski definition) is 3. The highest BCUT2D eigenvalue weighted by Crippen LogP contribution is 2.25. The van der Waals surface area contributed by atoms with Gasteiger partial charge in [0.1, 0.15) is 4.88 Å². The summed E-state index contributed by atoms with van der Waals surface area (Å²) in [5.41, 5.74) is 0. The monoisotopic (exact) mass is 353 g/mol. The first-order valence-electron chi connectivity index (χ1n) is 4.80. The zero-order valence-electron chi connectivity index (χ0n) is 8.33. The summed E-state index contributed by atoms with van der Waals surface area (Å²) in [6.07, 6.45) is 0. The van der Waals surface area contributed by atoms with Crippen LogP contribution in [0.25, 0.3) is 0 Å². The number of thiophene rings is 1. The van der Waals surface area contributed by atoms with Crippen molar-refractivity contribution in [3.63, 3.8) is 0 Å². The lowest BCUT2D eigenvalue weighted by Crippen LogP contribution is -2.38. The molecule has 2 rings (SSSR count). The van der Waals surface area contributed by atoms with Crippen LogP contribution in [0.1, 0.15) is 16.6 Å². The van der Waals surface area contributed by atoms with Gasteiger partial charge in [0.2, 0.25) is 0 Å². The Hall–Kier alpha value is 0.250. The van der Waals surface area contributed by atoms with E-state index in [0.29, 0.717) is 12.0 Å². The van der Waals surface area contributed by atoms with E-state index in [1.54, 1.807) is 0 Å².